The van der Waals surface area contributed by atoms with Crippen molar-refractivity contribution in [1.29, 1.82) is 0 Å². The van der Waals surface area contributed by atoms with Crippen LogP contribution in [0.15, 0.2) is 59.8 Å². The van der Waals surface area contributed by atoms with Gasteiger partial charge in [0.15, 0.2) is 11.0 Å². The van der Waals surface area contributed by atoms with E-state index in [0.717, 1.165) is 17.7 Å². The smallest absolute Gasteiger partial charge is 0.233 e. The predicted octanol–water partition coefficient (Wildman–Crippen LogP) is 6.20. The van der Waals surface area contributed by atoms with E-state index < -0.39 is 0 Å². The lowest BCUT2D eigenvalue weighted by molar-refractivity contribution is -0.142. The molecule has 39 heavy (non-hydrogen) atoms. The number of aromatic nitrogens is 3. The number of piperazine rings is 1. The number of para-hydroxylation sites is 1. The van der Waals surface area contributed by atoms with Gasteiger partial charge in [-0.15, -0.1) is 10.2 Å². The summed E-state index contributed by atoms with van der Waals surface area (Å²) in [5.41, 5.74) is 1.88. The number of rotatable bonds is 8. The number of carbonyl (C=O) groups is 2. The molecule has 1 saturated heterocycles. The third kappa shape index (κ3) is 7.42. The van der Waals surface area contributed by atoms with Crippen molar-refractivity contribution in [2.24, 2.45) is 11.3 Å². The van der Waals surface area contributed by atoms with Crippen molar-refractivity contribution in [3.8, 4) is 17.1 Å². The number of nitrogens with zero attached hydrogens (tertiary/aromatic N) is 5. The fourth-order valence-electron chi connectivity index (χ4n) is 5.30. The van der Waals surface area contributed by atoms with Crippen LogP contribution in [0.5, 0.6) is 0 Å². The fourth-order valence-corrected chi connectivity index (χ4v) is 6.37. The van der Waals surface area contributed by atoms with Gasteiger partial charge in [0, 0.05) is 43.3 Å². The molecular weight excluding hydrogens is 530 g/mol. The van der Waals surface area contributed by atoms with Crippen LogP contribution in [0.4, 0.5) is 0 Å². The minimum atomic E-state index is -0.0122. The van der Waals surface area contributed by atoms with Crippen LogP contribution >= 0.6 is 23.4 Å². The summed E-state index contributed by atoms with van der Waals surface area (Å²) in [4.78, 5) is 30.0. The highest BCUT2D eigenvalue weighted by atomic mass is 35.5. The molecule has 0 spiro atoms. The van der Waals surface area contributed by atoms with Crippen LogP contribution in [0, 0.1) is 11.3 Å². The number of benzene rings is 2. The predicted molar refractivity (Wildman–Crippen MR) is 158 cm³/mol. The molecule has 2 unspecified atom stereocenters. The van der Waals surface area contributed by atoms with E-state index in [1.165, 1.54) is 11.8 Å². The first-order valence-electron chi connectivity index (χ1n) is 13.5. The van der Waals surface area contributed by atoms with E-state index in [1.54, 1.807) is 0 Å². The lowest BCUT2D eigenvalue weighted by Gasteiger charge is -2.40. The molecule has 2 amide bonds. The van der Waals surface area contributed by atoms with E-state index in [0.29, 0.717) is 48.0 Å². The number of amides is 2. The molecule has 208 valence electrons. The van der Waals surface area contributed by atoms with Gasteiger partial charge < -0.3 is 9.80 Å². The SMILES string of the molecule is CC(CC(=O)N1CCN(C(=O)CSc2nnc(-c3ccccc3Cl)n2-c2ccccc2)CC1C)CC(C)(C)C. The number of thioether (sulfide) groups is 1. The molecule has 2 atom stereocenters. The molecule has 1 fully saturated rings. The van der Waals surface area contributed by atoms with E-state index in [1.807, 2.05) is 75.9 Å². The van der Waals surface area contributed by atoms with Crippen LogP contribution in [-0.4, -0.2) is 67.8 Å². The standard InChI is InChI=1S/C30H38ClN5O2S/c1-21(18-30(3,4)5)17-26(37)35-16-15-34(19-22(35)2)27(38)20-39-29-33-32-28(24-13-9-10-14-25(24)31)36(29)23-11-7-6-8-12-23/h6-14,21-22H,15-20H2,1-5H3. The monoisotopic (exact) mass is 567 g/mol. The molecule has 0 radical (unpaired) electrons. The second kappa shape index (κ2) is 12.6. The van der Waals surface area contributed by atoms with Gasteiger partial charge in [0.2, 0.25) is 11.8 Å². The normalized spacial score (nSPS) is 16.8. The van der Waals surface area contributed by atoms with Gasteiger partial charge in [0.1, 0.15) is 0 Å². The van der Waals surface area contributed by atoms with Crippen molar-refractivity contribution < 1.29 is 9.59 Å². The maximum atomic E-state index is 13.2. The van der Waals surface area contributed by atoms with Crippen molar-refractivity contribution in [2.75, 3.05) is 25.4 Å². The Bertz CT molecular complexity index is 1290. The third-order valence-electron chi connectivity index (χ3n) is 6.87. The summed E-state index contributed by atoms with van der Waals surface area (Å²) in [5, 5.41) is 10.1. The summed E-state index contributed by atoms with van der Waals surface area (Å²) in [5.74, 6) is 1.41. The summed E-state index contributed by atoms with van der Waals surface area (Å²) in [6.07, 6.45) is 1.56. The molecular formula is C30H38ClN5O2S. The van der Waals surface area contributed by atoms with Crippen LogP contribution in [0.3, 0.4) is 0 Å². The number of halogens is 1. The lowest BCUT2D eigenvalue weighted by atomic mass is 9.84. The average Bonchev–Trinajstić information content (AvgIpc) is 3.30. The van der Waals surface area contributed by atoms with E-state index in [9.17, 15) is 9.59 Å². The van der Waals surface area contributed by atoms with Crippen molar-refractivity contribution in [1.82, 2.24) is 24.6 Å². The van der Waals surface area contributed by atoms with E-state index in [4.69, 9.17) is 11.6 Å². The summed E-state index contributed by atoms with van der Waals surface area (Å²) < 4.78 is 1.94. The maximum absolute atomic E-state index is 13.2. The van der Waals surface area contributed by atoms with Gasteiger partial charge in [-0.25, -0.2) is 0 Å². The second-order valence-corrected chi connectivity index (χ2v) is 12.9. The maximum Gasteiger partial charge on any atom is 0.233 e. The molecule has 1 aromatic heterocycles. The summed E-state index contributed by atoms with van der Waals surface area (Å²) >= 11 is 7.84. The van der Waals surface area contributed by atoms with Crippen LogP contribution in [0.2, 0.25) is 5.02 Å². The Hall–Kier alpha value is -2.84. The Labute approximate surface area is 240 Å². The first-order valence-corrected chi connectivity index (χ1v) is 14.9. The minimum absolute atomic E-state index is 0.0122. The van der Waals surface area contributed by atoms with Gasteiger partial charge in [0.05, 0.1) is 10.8 Å². The third-order valence-corrected chi connectivity index (χ3v) is 8.12. The molecule has 0 N–H and O–H groups in total. The molecule has 4 rings (SSSR count). The average molecular weight is 568 g/mol. The number of carbonyl (C=O) groups excluding carboxylic acids is 2. The van der Waals surface area contributed by atoms with Gasteiger partial charge in [-0.05, 0) is 48.9 Å². The Morgan fingerprint density at radius 1 is 1.03 bits per heavy atom. The highest BCUT2D eigenvalue weighted by molar-refractivity contribution is 7.99. The fraction of sp³-hybridized carbons (Fsp3) is 0.467. The Morgan fingerprint density at radius 2 is 1.72 bits per heavy atom. The molecule has 1 aliphatic rings. The van der Waals surface area contributed by atoms with Crippen molar-refractivity contribution in [3.05, 3.63) is 59.6 Å². The molecule has 0 bridgehead atoms. The van der Waals surface area contributed by atoms with Crippen LogP contribution in [-0.2, 0) is 9.59 Å². The molecule has 0 aliphatic carbocycles. The van der Waals surface area contributed by atoms with Crippen molar-refractivity contribution in [2.45, 2.75) is 58.7 Å². The van der Waals surface area contributed by atoms with Gasteiger partial charge in [0.25, 0.3) is 0 Å². The molecule has 3 aromatic rings. The topological polar surface area (TPSA) is 71.3 Å². The molecule has 7 nitrogen and oxygen atoms in total. The minimum Gasteiger partial charge on any atom is -0.338 e. The first-order chi connectivity index (χ1) is 18.5. The van der Waals surface area contributed by atoms with Gasteiger partial charge in [-0.3, -0.25) is 14.2 Å². The van der Waals surface area contributed by atoms with Gasteiger partial charge in [-0.2, -0.15) is 0 Å². The molecule has 2 heterocycles. The molecule has 9 heteroatoms. The Balaban J connectivity index is 1.41. The van der Waals surface area contributed by atoms with Gasteiger partial charge in [-0.1, -0.05) is 81.4 Å². The zero-order chi connectivity index (χ0) is 28.2. The molecule has 1 aliphatic heterocycles. The quantitative estimate of drug-likeness (QED) is 0.303. The Kier molecular flexibility index (Phi) is 9.39. The second-order valence-electron chi connectivity index (χ2n) is 11.6. The number of hydrogen-bond donors (Lipinski definition) is 0. The van der Waals surface area contributed by atoms with Crippen LogP contribution in [0.1, 0.15) is 47.5 Å². The van der Waals surface area contributed by atoms with Crippen LogP contribution in [0.25, 0.3) is 17.1 Å². The summed E-state index contributed by atoms with van der Waals surface area (Å²) in [7, 11) is 0. The number of hydrogen-bond acceptors (Lipinski definition) is 5. The van der Waals surface area contributed by atoms with Crippen molar-refractivity contribution >= 4 is 35.2 Å². The summed E-state index contributed by atoms with van der Waals surface area (Å²) in [6, 6.07) is 17.4. The van der Waals surface area contributed by atoms with E-state index in [2.05, 4.69) is 37.9 Å². The zero-order valence-corrected chi connectivity index (χ0v) is 25.0. The van der Waals surface area contributed by atoms with Crippen molar-refractivity contribution in [3.63, 3.8) is 0 Å². The highest BCUT2D eigenvalue weighted by Crippen LogP contribution is 2.32. The Morgan fingerprint density at radius 3 is 2.38 bits per heavy atom. The molecule has 2 aromatic carbocycles. The first kappa shape index (κ1) is 29.2. The van der Waals surface area contributed by atoms with E-state index in [-0.39, 0.29) is 29.0 Å². The van der Waals surface area contributed by atoms with E-state index >= 15 is 0 Å². The molecule has 0 saturated carbocycles. The lowest BCUT2D eigenvalue weighted by Crippen LogP contribution is -2.56. The zero-order valence-electron chi connectivity index (χ0n) is 23.4. The largest absolute Gasteiger partial charge is 0.338 e. The highest BCUT2D eigenvalue weighted by Gasteiger charge is 2.31. The summed E-state index contributed by atoms with van der Waals surface area (Å²) in [6.45, 7) is 12.4. The van der Waals surface area contributed by atoms with Gasteiger partial charge >= 0.3 is 0 Å². The van der Waals surface area contributed by atoms with Crippen LogP contribution < -0.4 is 0 Å².